The maximum Gasteiger partial charge on any atom is 0.250 e. The topological polar surface area (TPSA) is 80.2 Å². The van der Waals surface area contributed by atoms with Gasteiger partial charge in [-0.25, -0.2) is 0 Å². The normalized spacial score (nSPS) is 11.5. The lowest BCUT2D eigenvalue weighted by Gasteiger charge is -2.18. The van der Waals surface area contributed by atoms with Crippen molar-refractivity contribution in [1.29, 1.82) is 0 Å². The number of aromatic nitrogens is 1. The summed E-state index contributed by atoms with van der Waals surface area (Å²) < 4.78 is 1.63. The van der Waals surface area contributed by atoms with Gasteiger partial charge in [-0.2, -0.15) is 0 Å². The van der Waals surface area contributed by atoms with E-state index in [-0.39, 0.29) is 23.8 Å². The Kier molecular flexibility index (Phi) is 7.62. The molecule has 2 amide bonds. The van der Waals surface area contributed by atoms with Gasteiger partial charge in [-0.15, -0.1) is 0 Å². The minimum Gasteiger partial charge on any atom is -0.352 e. The van der Waals surface area contributed by atoms with Crippen LogP contribution in [0.4, 0.5) is 0 Å². The lowest BCUT2D eigenvalue weighted by molar-refractivity contribution is -0.122. The fourth-order valence-corrected chi connectivity index (χ4v) is 3.33. The molecule has 1 unspecified atom stereocenters. The van der Waals surface area contributed by atoms with Crippen molar-refractivity contribution in [3.05, 3.63) is 105 Å². The fourth-order valence-electron chi connectivity index (χ4n) is 3.20. The van der Waals surface area contributed by atoms with Gasteiger partial charge in [-0.1, -0.05) is 54.1 Å². The summed E-state index contributed by atoms with van der Waals surface area (Å²) in [5.74, 6) is -0.380. The van der Waals surface area contributed by atoms with Crippen molar-refractivity contribution in [2.24, 2.45) is 0 Å². The summed E-state index contributed by atoms with van der Waals surface area (Å²) in [6.07, 6.45) is 1.87. The van der Waals surface area contributed by atoms with Gasteiger partial charge in [0.1, 0.15) is 0 Å². The van der Waals surface area contributed by atoms with Crippen molar-refractivity contribution < 1.29 is 9.59 Å². The molecule has 0 aliphatic rings. The molecule has 3 aromatic rings. The third-order valence-corrected chi connectivity index (χ3v) is 5.06. The van der Waals surface area contributed by atoms with Crippen LogP contribution in [0.15, 0.2) is 77.7 Å². The molecule has 0 saturated heterocycles. The van der Waals surface area contributed by atoms with E-state index in [2.05, 4.69) is 10.6 Å². The Bertz CT molecular complexity index is 1090. The van der Waals surface area contributed by atoms with E-state index in [9.17, 15) is 14.4 Å². The van der Waals surface area contributed by atoms with E-state index in [0.29, 0.717) is 18.1 Å². The molecule has 0 aliphatic heterocycles. The molecule has 3 rings (SSSR count). The molecule has 1 atom stereocenters. The molecule has 31 heavy (non-hydrogen) atoms. The van der Waals surface area contributed by atoms with Gasteiger partial charge in [-0.3, -0.25) is 14.4 Å². The number of pyridine rings is 1. The first-order valence-electron chi connectivity index (χ1n) is 9.93. The summed E-state index contributed by atoms with van der Waals surface area (Å²) in [5, 5.41) is 6.29. The molecule has 0 radical (unpaired) electrons. The molecule has 0 bridgehead atoms. The van der Waals surface area contributed by atoms with Crippen molar-refractivity contribution in [2.45, 2.75) is 32.5 Å². The number of hydrogen-bond acceptors (Lipinski definition) is 3. The maximum absolute atomic E-state index is 12.5. The Morgan fingerprint density at radius 1 is 0.968 bits per heavy atom. The van der Waals surface area contributed by atoms with Gasteiger partial charge in [0.05, 0.1) is 19.0 Å². The van der Waals surface area contributed by atoms with Crippen molar-refractivity contribution in [3.8, 4) is 0 Å². The highest BCUT2D eigenvalue weighted by atomic mass is 35.5. The number of nitrogens with zero attached hydrogens (tertiary/aromatic N) is 1. The first-order chi connectivity index (χ1) is 14.9. The van der Waals surface area contributed by atoms with Crippen LogP contribution in [0.1, 0.15) is 36.1 Å². The molecule has 7 heteroatoms. The number of amides is 2. The van der Waals surface area contributed by atoms with Crippen LogP contribution in [0.2, 0.25) is 5.02 Å². The lowest BCUT2D eigenvalue weighted by Crippen LogP contribution is -2.32. The molecule has 1 heterocycles. The van der Waals surface area contributed by atoms with Gasteiger partial charge in [0.15, 0.2) is 0 Å². The first kappa shape index (κ1) is 22.3. The fraction of sp³-hybridized carbons (Fsp3) is 0.208. The largest absolute Gasteiger partial charge is 0.352 e. The minimum atomic E-state index is -0.429. The minimum absolute atomic E-state index is 0.0479. The van der Waals surface area contributed by atoms with Crippen molar-refractivity contribution in [3.63, 3.8) is 0 Å². The molecule has 2 N–H and O–H groups in total. The number of carbonyl (C=O) groups is 2. The summed E-state index contributed by atoms with van der Waals surface area (Å²) in [6.45, 7) is 2.29. The van der Waals surface area contributed by atoms with Crippen LogP contribution in [0.25, 0.3) is 0 Å². The van der Waals surface area contributed by atoms with E-state index in [1.54, 1.807) is 41.1 Å². The second-order valence-corrected chi connectivity index (χ2v) is 7.71. The highest BCUT2D eigenvalue weighted by molar-refractivity contribution is 6.30. The lowest BCUT2D eigenvalue weighted by atomic mass is 10.0. The van der Waals surface area contributed by atoms with Gasteiger partial charge < -0.3 is 15.2 Å². The Morgan fingerprint density at radius 2 is 1.65 bits per heavy atom. The Morgan fingerprint density at radius 3 is 2.29 bits per heavy atom. The van der Waals surface area contributed by atoms with Crippen molar-refractivity contribution in [2.75, 3.05) is 0 Å². The second kappa shape index (κ2) is 10.6. The quantitative estimate of drug-likeness (QED) is 0.566. The van der Waals surface area contributed by atoms with Crippen LogP contribution in [0.3, 0.4) is 0 Å². The number of halogens is 1. The maximum atomic E-state index is 12.5. The number of benzene rings is 2. The molecular weight excluding hydrogens is 414 g/mol. The van der Waals surface area contributed by atoms with Crippen LogP contribution in [-0.4, -0.2) is 16.4 Å². The van der Waals surface area contributed by atoms with Gasteiger partial charge >= 0.3 is 0 Å². The zero-order valence-electron chi connectivity index (χ0n) is 17.2. The number of carbonyl (C=O) groups excluding carboxylic acids is 2. The highest BCUT2D eigenvalue weighted by Crippen LogP contribution is 2.19. The summed E-state index contributed by atoms with van der Waals surface area (Å²) >= 11 is 5.93. The number of nitrogens with one attached hydrogen (secondary N) is 2. The zero-order valence-corrected chi connectivity index (χ0v) is 17.9. The van der Waals surface area contributed by atoms with Crippen LogP contribution < -0.4 is 16.2 Å². The molecule has 6 nitrogen and oxygen atoms in total. The third-order valence-electron chi connectivity index (χ3n) is 4.80. The summed E-state index contributed by atoms with van der Waals surface area (Å²) in [6, 6.07) is 19.4. The summed E-state index contributed by atoms with van der Waals surface area (Å²) in [5.41, 5.74) is 2.71. The van der Waals surface area contributed by atoms with E-state index < -0.39 is 6.04 Å². The Balaban J connectivity index is 1.56. The van der Waals surface area contributed by atoms with Gasteiger partial charge in [0.25, 0.3) is 5.56 Å². The van der Waals surface area contributed by atoms with E-state index >= 15 is 0 Å². The molecule has 0 fully saturated rings. The molecular formula is C24H24ClN3O3. The molecule has 0 saturated carbocycles. The summed E-state index contributed by atoms with van der Waals surface area (Å²) in [7, 11) is 0. The average Bonchev–Trinajstić information content (AvgIpc) is 2.75. The Hall–Kier alpha value is -3.38. The number of hydrogen-bond donors (Lipinski definition) is 2. The van der Waals surface area contributed by atoms with E-state index in [1.807, 2.05) is 30.3 Å². The third kappa shape index (κ3) is 6.83. The summed E-state index contributed by atoms with van der Waals surface area (Å²) in [4.78, 5) is 35.8. The zero-order chi connectivity index (χ0) is 22.2. The molecule has 1 aromatic heterocycles. The SMILES string of the molecule is CC(=O)NC(CC(=O)NCc1ccc(Cn2ccccc2=O)cc1)c1ccc(Cl)cc1. The monoisotopic (exact) mass is 437 g/mol. The van der Waals surface area contributed by atoms with Crippen LogP contribution in [0, 0.1) is 0 Å². The van der Waals surface area contributed by atoms with Gasteiger partial charge in [0.2, 0.25) is 11.8 Å². The first-order valence-corrected chi connectivity index (χ1v) is 10.3. The molecule has 0 spiro atoms. The van der Waals surface area contributed by atoms with Crippen molar-refractivity contribution in [1.82, 2.24) is 15.2 Å². The molecule has 160 valence electrons. The van der Waals surface area contributed by atoms with Gasteiger partial charge in [0, 0.05) is 30.8 Å². The number of rotatable bonds is 8. The van der Waals surface area contributed by atoms with E-state index in [0.717, 1.165) is 16.7 Å². The van der Waals surface area contributed by atoms with Crippen LogP contribution >= 0.6 is 11.6 Å². The van der Waals surface area contributed by atoms with Gasteiger partial charge in [-0.05, 0) is 34.9 Å². The molecule has 0 aliphatic carbocycles. The standard InChI is InChI=1S/C24H24ClN3O3/c1-17(29)27-22(20-9-11-21(25)12-10-20)14-23(30)26-15-18-5-7-19(8-6-18)16-28-13-3-2-4-24(28)31/h2-13,22H,14-16H2,1H3,(H,26,30)(H,27,29). The van der Waals surface area contributed by atoms with Crippen LogP contribution in [0.5, 0.6) is 0 Å². The Labute approximate surface area is 185 Å². The predicted molar refractivity (Wildman–Crippen MR) is 121 cm³/mol. The molecule has 2 aromatic carbocycles. The van der Waals surface area contributed by atoms with Crippen LogP contribution in [-0.2, 0) is 22.7 Å². The van der Waals surface area contributed by atoms with E-state index in [4.69, 9.17) is 11.6 Å². The second-order valence-electron chi connectivity index (χ2n) is 7.27. The van der Waals surface area contributed by atoms with Crippen molar-refractivity contribution >= 4 is 23.4 Å². The highest BCUT2D eigenvalue weighted by Gasteiger charge is 2.17. The predicted octanol–water partition coefficient (Wildman–Crippen LogP) is 3.43. The van der Waals surface area contributed by atoms with E-state index in [1.165, 1.54) is 13.0 Å². The smallest absolute Gasteiger partial charge is 0.250 e. The average molecular weight is 438 g/mol.